The molecule has 3 aromatic carbocycles. The Labute approximate surface area is 216 Å². The molecule has 2 N–H and O–H groups in total. The van der Waals surface area contributed by atoms with E-state index in [1.807, 2.05) is 0 Å². The summed E-state index contributed by atoms with van der Waals surface area (Å²) in [6, 6.07) is 18.0. The van der Waals surface area contributed by atoms with Crippen LogP contribution in [-0.4, -0.2) is 32.8 Å². The molecule has 0 saturated carbocycles. The monoisotopic (exact) mass is 522 g/mol. The normalized spacial score (nSPS) is 11.5. The molecule has 0 aliphatic carbocycles. The Balaban J connectivity index is 1.59. The lowest BCUT2D eigenvalue weighted by molar-refractivity contribution is -0.384. The third-order valence-electron chi connectivity index (χ3n) is 5.35. The number of amides is 2. The SMILES string of the molecule is COc1ccccc1NC(=O)NC(C)c1nnc(SCc2ccc(F)cc2)n1-c1ccc([N+](=O)[O-])cc1. The van der Waals surface area contributed by atoms with Gasteiger partial charge in [-0.3, -0.25) is 14.7 Å². The smallest absolute Gasteiger partial charge is 0.319 e. The predicted molar refractivity (Wildman–Crippen MR) is 138 cm³/mol. The fourth-order valence-electron chi connectivity index (χ4n) is 3.52. The molecule has 0 aliphatic rings. The van der Waals surface area contributed by atoms with Crippen LogP contribution in [0.15, 0.2) is 78.0 Å². The molecule has 0 radical (unpaired) electrons. The predicted octanol–water partition coefficient (Wildman–Crippen LogP) is 5.50. The van der Waals surface area contributed by atoms with E-state index in [9.17, 15) is 19.3 Å². The van der Waals surface area contributed by atoms with Crippen LogP contribution in [0.5, 0.6) is 5.75 Å². The van der Waals surface area contributed by atoms with E-state index in [2.05, 4.69) is 20.8 Å². The van der Waals surface area contributed by atoms with Crippen LogP contribution >= 0.6 is 11.8 Å². The summed E-state index contributed by atoms with van der Waals surface area (Å²) >= 11 is 1.36. The number of nitro groups is 1. The summed E-state index contributed by atoms with van der Waals surface area (Å²) in [6.45, 7) is 1.75. The first-order valence-electron chi connectivity index (χ1n) is 11.1. The maximum Gasteiger partial charge on any atom is 0.319 e. The standard InChI is InChI=1S/C25H23FN6O4S/c1-16(27-24(33)28-21-5-3-4-6-22(21)36-2)23-29-30-25(37-15-17-7-9-18(26)10-8-17)31(23)19-11-13-20(14-12-19)32(34)35/h3-14,16H,15H2,1-2H3,(H2,27,28,33). The summed E-state index contributed by atoms with van der Waals surface area (Å²) in [5.74, 6) is 1.10. The second-order valence-corrected chi connectivity index (χ2v) is 8.83. The molecule has 1 heterocycles. The van der Waals surface area contributed by atoms with Crippen LogP contribution in [0.3, 0.4) is 0 Å². The minimum Gasteiger partial charge on any atom is -0.495 e. The van der Waals surface area contributed by atoms with Crippen molar-refractivity contribution in [3.8, 4) is 11.4 Å². The van der Waals surface area contributed by atoms with Crippen LogP contribution in [0.25, 0.3) is 5.69 Å². The molecule has 0 spiro atoms. The highest BCUT2D eigenvalue weighted by atomic mass is 32.2. The van der Waals surface area contributed by atoms with Gasteiger partial charge in [-0.15, -0.1) is 10.2 Å². The Hall–Kier alpha value is -4.45. The second kappa shape index (κ2) is 11.5. The lowest BCUT2D eigenvalue weighted by Gasteiger charge is -2.17. The summed E-state index contributed by atoms with van der Waals surface area (Å²) in [7, 11) is 1.51. The molecular formula is C25H23FN6O4S. The molecule has 12 heteroatoms. The molecular weight excluding hydrogens is 499 g/mol. The van der Waals surface area contributed by atoms with Gasteiger partial charge in [0.2, 0.25) is 0 Å². The topological polar surface area (TPSA) is 124 Å². The van der Waals surface area contributed by atoms with E-state index in [-0.39, 0.29) is 11.5 Å². The number of anilines is 1. The van der Waals surface area contributed by atoms with Crippen molar-refractivity contribution in [1.82, 2.24) is 20.1 Å². The van der Waals surface area contributed by atoms with E-state index in [4.69, 9.17) is 4.74 Å². The average Bonchev–Trinajstić information content (AvgIpc) is 3.33. The van der Waals surface area contributed by atoms with E-state index in [1.165, 1.54) is 43.1 Å². The molecule has 10 nitrogen and oxygen atoms in total. The lowest BCUT2D eigenvalue weighted by atomic mass is 10.2. The van der Waals surface area contributed by atoms with Crippen molar-refractivity contribution in [1.29, 1.82) is 0 Å². The largest absolute Gasteiger partial charge is 0.495 e. The van der Waals surface area contributed by atoms with Crippen LogP contribution in [0.1, 0.15) is 24.4 Å². The molecule has 4 aromatic rings. The minimum absolute atomic E-state index is 0.0544. The van der Waals surface area contributed by atoms with Crippen LogP contribution in [0, 0.1) is 15.9 Å². The highest BCUT2D eigenvalue weighted by molar-refractivity contribution is 7.98. The first-order valence-corrected chi connectivity index (χ1v) is 12.1. The van der Waals surface area contributed by atoms with Gasteiger partial charge in [0.25, 0.3) is 5.69 Å². The van der Waals surface area contributed by atoms with Crippen molar-refractivity contribution in [2.75, 3.05) is 12.4 Å². The molecule has 0 fully saturated rings. The van der Waals surface area contributed by atoms with Crippen molar-refractivity contribution in [3.05, 3.63) is 100 Å². The number of non-ortho nitro benzene ring substituents is 1. The number of nitrogens with one attached hydrogen (secondary N) is 2. The molecule has 1 aromatic heterocycles. The summed E-state index contributed by atoms with van der Waals surface area (Å²) in [5.41, 5.74) is 1.92. The first-order chi connectivity index (χ1) is 17.9. The van der Waals surface area contributed by atoms with Crippen molar-refractivity contribution in [3.63, 3.8) is 0 Å². The van der Waals surface area contributed by atoms with Crippen LogP contribution in [-0.2, 0) is 5.75 Å². The van der Waals surface area contributed by atoms with E-state index >= 15 is 0 Å². The molecule has 4 rings (SSSR count). The van der Waals surface area contributed by atoms with Gasteiger partial charge >= 0.3 is 6.03 Å². The number of aromatic nitrogens is 3. The molecule has 2 amide bonds. The van der Waals surface area contributed by atoms with Gasteiger partial charge in [-0.25, -0.2) is 9.18 Å². The highest BCUT2D eigenvalue weighted by Crippen LogP contribution is 2.29. The number of para-hydroxylation sites is 2. The third-order valence-corrected chi connectivity index (χ3v) is 6.35. The van der Waals surface area contributed by atoms with E-state index in [0.29, 0.717) is 33.9 Å². The van der Waals surface area contributed by atoms with E-state index < -0.39 is 17.0 Å². The van der Waals surface area contributed by atoms with Gasteiger partial charge in [0.15, 0.2) is 11.0 Å². The van der Waals surface area contributed by atoms with Gasteiger partial charge in [0.05, 0.1) is 23.8 Å². The van der Waals surface area contributed by atoms with Crippen molar-refractivity contribution in [2.24, 2.45) is 0 Å². The molecule has 190 valence electrons. The number of ether oxygens (including phenoxy) is 1. The summed E-state index contributed by atoms with van der Waals surface area (Å²) < 4.78 is 20.3. The zero-order chi connectivity index (χ0) is 26.4. The van der Waals surface area contributed by atoms with Crippen molar-refractivity contribution >= 4 is 29.2 Å². The number of carbonyl (C=O) groups excluding carboxylic acids is 1. The number of hydrogen-bond acceptors (Lipinski definition) is 7. The minimum atomic E-state index is -0.586. The van der Waals surface area contributed by atoms with Gasteiger partial charge in [0, 0.05) is 23.6 Å². The number of methoxy groups -OCH3 is 1. The van der Waals surface area contributed by atoms with Crippen molar-refractivity contribution in [2.45, 2.75) is 23.9 Å². The third kappa shape index (κ3) is 6.22. The quantitative estimate of drug-likeness (QED) is 0.169. The summed E-state index contributed by atoms with van der Waals surface area (Å²) in [6.07, 6.45) is 0. The van der Waals surface area contributed by atoms with Gasteiger partial charge in [0.1, 0.15) is 11.6 Å². The number of nitro benzene ring substituents is 1. The van der Waals surface area contributed by atoms with Crippen LogP contribution in [0.2, 0.25) is 0 Å². The van der Waals surface area contributed by atoms with Crippen molar-refractivity contribution < 1.29 is 18.8 Å². The fourth-order valence-corrected chi connectivity index (χ4v) is 4.43. The Morgan fingerprint density at radius 2 is 1.81 bits per heavy atom. The van der Waals surface area contributed by atoms with E-state index in [0.717, 1.165) is 5.56 Å². The maximum atomic E-state index is 13.3. The number of urea groups is 1. The molecule has 0 aliphatic heterocycles. The molecule has 0 saturated heterocycles. The van der Waals surface area contributed by atoms with Crippen LogP contribution in [0.4, 0.5) is 20.6 Å². The molecule has 1 unspecified atom stereocenters. The number of nitrogens with zero attached hydrogens (tertiary/aromatic N) is 4. The maximum absolute atomic E-state index is 13.3. The zero-order valence-corrected chi connectivity index (χ0v) is 20.7. The van der Waals surface area contributed by atoms with Gasteiger partial charge in [-0.2, -0.15) is 0 Å². The number of halogens is 1. The first kappa shape index (κ1) is 25.6. The summed E-state index contributed by atoms with van der Waals surface area (Å²) in [5, 5.41) is 25.8. The number of benzene rings is 3. The van der Waals surface area contributed by atoms with Crippen LogP contribution < -0.4 is 15.4 Å². The number of thioether (sulfide) groups is 1. The second-order valence-electron chi connectivity index (χ2n) is 7.89. The Kier molecular flexibility index (Phi) is 7.98. The Bertz CT molecular complexity index is 1400. The molecule has 37 heavy (non-hydrogen) atoms. The van der Waals surface area contributed by atoms with Gasteiger partial charge in [-0.1, -0.05) is 36.0 Å². The summed E-state index contributed by atoms with van der Waals surface area (Å²) in [4.78, 5) is 23.4. The molecule has 1 atom stereocenters. The fraction of sp³-hybridized carbons (Fsp3) is 0.160. The highest BCUT2D eigenvalue weighted by Gasteiger charge is 2.22. The zero-order valence-electron chi connectivity index (χ0n) is 19.9. The van der Waals surface area contributed by atoms with Gasteiger partial charge < -0.3 is 15.4 Å². The van der Waals surface area contributed by atoms with E-state index in [1.54, 1.807) is 60.0 Å². The number of hydrogen-bond donors (Lipinski definition) is 2. The lowest BCUT2D eigenvalue weighted by Crippen LogP contribution is -2.32. The number of rotatable bonds is 9. The average molecular weight is 523 g/mol. The number of carbonyl (C=O) groups is 1. The van der Waals surface area contributed by atoms with Gasteiger partial charge in [-0.05, 0) is 48.9 Å². The Morgan fingerprint density at radius 1 is 1.11 bits per heavy atom. The molecule has 0 bridgehead atoms. The Morgan fingerprint density at radius 3 is 2.49 bits per heavy atom.